The number of unbranched alkanes of at least 4 members (excludes halogenated alkanes) is 9. The van der Waals surface area contributed by atoms with Crippen LogP contribution in [0.4, 0.5) is 17.1 Å². The summed E-state index contributed by atoms with van der Waals surface area (Å²) in [5.41, 5.74) is 3.19. The molecule has 0 fully saturated rings. The van der Waals surface area contributed by atoms with Crippen LogP contribution in [0.15, 0.2) is 65.7 Å². The Balaban J connectivity index is 1.73. The molecule has 0 unspecified atom stereocenters. The van der Waals surface area contributed by atoms with Gasteiger partial charge in [-0.05, 0) is 74.7 Å². The highest BCUT2D eigenvalue weighted by Gasteiger charge is 2.24. The number of carbonyl (C=O) groups is 3. The van der Waals surface area contributed by atoms with Gasteiger partial charge < -0.3 is 20.1 Å². The van der Waals surface area contributed by atoms with Crippen molar-refractivity contribution in [3.63, 3.8) is 0 Å². The number of carbonyl (C=O) groups excluding carboxylic acids is 3. The highest BCUT2D eigenvalue weighted by Crippen LogP contribution is 2.27. The molecule has 0 aliphatic heterocycles. The molecule has 0 aliphatic rings. The highest BCUT2D eigenvalue weighted by molar-refractivity contribution is 6.70. The number of nitrogens with zero attached hydrogens (tertiary/aromatic N) is 2. The number of ketones is 1. The van der Waals surface area contributed by atoms with E-state index in [1.54, 1.807) is 36.4 Å². The van der Waals surface area contributed by atoms with E-state index in [1.165, 1.54) is 57.1 Å². The number of aryl methyl sites for hydroxylation is 1. The van der Waals surface area contributed by atoms with Crippen LogP contribution in [0.3, 0.4) is 0 Å². The van der Waals surface area contributed by atoms with Gasteiger partial charge in [-0.2, -0.15) is 0 Å². The summed E-state index contributed by atoms with van der Waals surface area (Å²) in [5.74, 6) is -1.89. The van der Waals surface area contributed by atoms with Gasteiger partial charge in [0.2, 0.25) is 5.78 Å². The molecule has 3 aromatic carbocycles. The Hall–Kier alpha value is -4.01. The number of ether oxygens (including phenoxy) is 1. The molecule has 1 amide bonds. The maximum atomic E-state index is 13.8. The van der Waals surface area contributed by atoms with E-state index in [-0.39, 0.29) is 34.2 Å². The van der Waals surface area contributed by atoms with Crippen LogP contribution >= 0.6 is 11.6 Å². The van der Waals surface area contributed by atoms with E-state index in [4.69, 9.17) is 16.3 Å². The van der Waals surface area contributed by atoms with Crippen molar-refractivity contribution in [2.45, 2.75) is 98.5 Å². The molecular weight excluding hydrogens is 638 g/mol. The lowest BCUT2D eigenvalue weighted by molar-refractivity contribution is -0.110. The molecular formula is C40H52ClN3O5. The number of rotatable bonds is 21. The van der Waals surface area contributed by atoms with Gasteiger partial charge in [-0.1, -0.05) is 101 Å². The van der Waals surface area contributed by atoms with Crippen LogP contribution in [-0.4, -0.2) is 48.2 Å². The lowest BCUT2D eigenvalue weighted by atomic mass is 10.0. The first kappa shape index (κ1) is 39.4. The number of amides is 1. The lowest BCUT2D eigenvalue weighted by Gasteiger charge is -2.21. The number of benzene rings is 3. The third kappa shape index (κ3) is 12.4. The minimum atomic E-state index is -0.777. The van der Waals surface area contributed by atoms with Gasteiger partial charge in [0.1, 0.15) is 0 Å². The average molecular weight is 690 g/mol. The molecule has 0 bridgehead atoms. The van der Waals surface area contributed by atoms with Crippen LogP contribution in [0.1, 0.15) is 117 Å². The van der Waals surface area contributed by atoms with E-state index in [0.29, 0.717) is 17.9 Å². The van der Waals surface area contributed by atoms with Crippen LogP contribution in [0.5, 0.6) is 0 Å². The fourth-order valence-corrected chi connectivity index (χ4v) is 5.71. The van der Waals surface area contributed by atoms with Crippen molar-refractivity contribution < 1.29 is 24.2 Å². The molecule has 0 aliphatic carbocycles. The zero-order chi connectivity index (χ0) is 35.6. The van der Waals surface area contributed by atoms with Crippen LogP contribution in [-0.2, 0) is 16.1 Å². The molecule has 8 nitrogen and oxygen atoms in total. The van der Waals surface area contributed by atoms with Gasteiger partial charge in [-0.25, -0.2) is 9.79 Å². The van der Waals surface area contributed by atoms with Crippen molar-refractivity contribution in [2.75, 3.05) is 29.9 Å². The summed E-state index contributed by atoms with van der Waals surface area (Å²) in [5, 5.41) is 12.3. The first-order valence-electron chi connectivity index (χ1n) is 17.7. The van der Waals surface area contributed by atoms with E-state index >= 15 is 0 Å². The Kier molecular flexibility index (Phi) is 17.0. The normalized spacial score (nSPS) is 11.3. The van der Waals surface area contributed by atoms with Crippen LogP contribution in [0.25, 0.3) is 0 Å². The number of anilines is 2. The van der Waals surface area contributed by atoms with E-state index in [2.05, 4.69) is 36.0 Å². The second-order valence-electron chi connectivity index (χ2n) is 12.3. The largest absolute Gasteiger partial charge is 0.462 e. The molecule has 3 aromatic rings. The topological polar surface area (TPSA) is 108 Å². The van der Waals surface area contributed by atoms with Gasteiger partial charge in [0.25, 0.3) is 5.91 Å². The van der Waals surface area contributed by atoms with E-state index in [9.17, 15) is 19.5 Å². The number of aliphatic hydroxyl groups is 1. The van der Waals surface area contributed by atoms with E-state index < -0.39 is 17.7 Å². The molecule has 49 heavy (non-hydrogen) atoms. The van der Waals surface area contributed by atoms with Gasteiger partial charge >= 0.3 is 5.97 Å². The maximum Gasteiger partial charge on any atom is 0.338 e. The summed E-state index contributed by atoms with van der Waals surface area (Å²) in [6.07, 6.45) is 11.8. The van der Waals surface area contributed by atoms with Crippen molar-refractivity contribution in [3.8, 4) is 0 Å². The van der Waals surface area contributed by atoms with Gasteiger partial charge in [0.15, 0.2) is 5.71 Å². The number of esters is 1. The summed E-state index contributed by atoms with van der Waals surface area (Å²) < 4.78 is 5.50. The fourth-order valence-electron chi connectivity index (χ4n) is 5.54. The van der Waals surface area contributed by atoms with E-state index in [0.717, 1.165) is 43.6 Å². The molecule has 264 valence electrons. The molecule has 2 N–H and O–H groups in total. The standard InChI is InChI=1S/C40H52ClN3O5/c1-5-8-9-10-11-12-13-14-15-16-25-49-40(48)32-21-23-34(41)36(27-32)43-39(47)37(38(46)31-19-17-30(28-45)18-20-31)42-35-24-22-33(26-29(35)4)44(6-2)7-3/h17-24,26-27,45H,5-16,25,28H2,1-4H3,(H,43,47). The van der Waals surface area contributed by atoms with Gasteiger partial charge in [0, 0.05) is 24.3 Å². The minimum absolute atomic E-state index is 0.157. The van der Waals surface area contributed by atoms with Crippen LogP contribution in [0, 0.1) is 6.92 Å². The Morgan fingerprint density at radius 3 is 2.00 bits per heavy atom. The van der Waals surface area contributed by atoms with Crippen molar-refractivity contribution in [3.05, 3.63) is 87.9 Å². The van der Waals surface area contributed by atoms with Gasteiger partial charge in [-0.3, -0.25) is 9.59 Å². The monoisotopic (exact) mass is 689 g/mol. The predicted molar refractivity (Wildman–Crippen MR) is 201 cm³/mol. The Morgan fingerprint density at radius 2 is 1.41 bits per heavy atom. The smallest absolute Gasteiger partial charge is 0.338 e. The third-order valence-corrected chi connectivity index (χ3v) is 8.88. The molecule has 0 radical (unpaired) electrons. The number of halogens is 1. The first-order chi connectivity index (χ1) is 23.7. The quantitative estimate of drug-likeness (QED) is 0.0379. The highest BCUT2D eigenvalue weighted by atomic mass is 35.5. The van der Waals surface area contributed by atoms with Crippen molar-refractivity contribution in [2.24, 2.45) is 4.99 Å². The van der Waals surface area contributed by atoms with Crippen molar-refractivity contribution in [1.82, 2.24) is 0 Å². The summed E-state index contributed by atoms with van der Waals surface area (Å²) in [7, 11) is 0. The SMILES string of the molecule is CCCCCCCCCCCCOC(=O)c1ccc(Cl)c(NC(=O)C(=Nc2ccc(N(CC)CC)cc2C)C(=O)c2ccc(CO)cc2)c1. The Morgan fingerprint density at radius 1 is 0.796 bits per heavy atom. The number of nitrogens with one attached hydrogen (secondary N) is 1. The first-order valence-corrected chi connectivity index (χ1v) is 18.1. The number of Topliss-reactive ketones (excluding diaryl/α,β-unsaturated/α-hetero) is 1. The summed E-state index contributed by atoms with van der Waals surface area (Å²) in [4.78, 5) is 47.1. The summed E-state index contributed by atoms with van der Waals surface area (Å²) in [6.45, 7) is 10.1. The number of hydrogen-bond donors (Lipinski definition) is 2. The average Bonchev–Trinajstić information content (AvgIpc) is 3.11. The zero-order valence-electron chi connectivity index (χ0n) is 29.5. The molecule has 0 aromatic heterocycles. The molecule has 0 atom stereocenters. The summed E-state index contributed by atoms with van der Waals surface area (Å²) in [6, 6.07) is 16.5. The van der Waals surface area contributed by atoms with Crippen LogP contribution in [0.2, 0.25) is 5.02 Å². The lowest BCUT2D eigenvalue weighted by Crippen LogP contribution is -2.30. The van der Waals surface area contributed by atoms with Gasteiger partial charge in [-0.15, -0.1) is 0 Å². The third-order valence-electron chi connectivity index (χ3n) is 8.55. The zero-order valence-corrected chi connectivity index (χ0v) is 30.3. The second kappa shape index (κ2) is 21.2. The van der Waals surface area contributed by atoms with Crippen molar-refractivity contribution in [1.29, 1.82) is 0 Å². The molecule has 9 heteroatoms. The second-order valence-corrected chi connectivity index (χ2v) is 12.7. The minimum Gasteiger partial charge on any atom is -0.462 e. The summed E-state index contributed by atoms with van der Waals surface area (Å²) >= 11 is 6.44. The Labute approximate surface area is 296 Å². The van der Waals surface area contributed by atoms with Crippen molar-refractivity contribution >= 4 is 52.0 Å². The van der Waals surface area contributed by atoms with Crippen LogP contribution < -0.4 is 10.2 Å². The molecule has 0 heterocycles. The Bertz CT molecular complexity index is 1550. The number of aliphatic hydroxyl groups excluding tert-OH is 1. The maximum absolute atomic E-state index is 13.8. The molecule has 0 saturated carbocycles. The number of aliphatic imine (C=N–C) groups is 1. The fraction of sp³-hybridized carbons (Fsp3) is 0.450. The van der Waals surface area contributed by atoms with E-state index in [1.807, 2.05) is 19.1 Å². The predicted octanol–water partition coefficient (Wildman–Crippen LogP) is 9.66. The van der Waals surface area contributed by atoms with Gasteiger partial charge in [0.05, 0.1) is 35.2 Å². The molecule has 0 spiro atoms. The molecule has 3 rings (SSSR count). The number of hydrogen-bond acceptors (Lipinski definition) is 7. The molecule has 0 saturated heterocycles.